The van der Waals surface area contributed by atoms with Crippen LogP contribution in [-0.4, -0.2) is 28.8 Å². The van der Waals surface area contributed by atoms with Crippen molar-refractivity contribution in [2.24, 2.45) is 4.99 Å². The topological polar surface area (TPSA) is 67.4 Å². The first-order chi connectivity index (χ1) is 12.7. The fourth-order valence-corrected chi connectivity index (χ4v) is 3.16. The first kappa shape index (κ1) is 21.5. The number of hydrogen-bond donors (Lipinski definition) is 2. The normalized spacial score (nSPS) is 14.8. The number of guanidine groups is 1. The molecule has 0 aromatic carbocycles. The third-order valence-corrected chi connectivity index (χ3v) is 4.56. The van der Waals surface area contributed by atoms with Gasteiger partial charge in [0.2, 0.25) is 0 Å². The van der Waals surface area contributed by atoms with Crippen LogP contribution in [-0.2, 0) is 13.0 Å². The Bertz CT molecular complexity index is 717. The molecule has 2 N–H and O–H groups in total. The van der Waals surface area contributed by atoms with Gasteiger partial charge in [-0.05, 0) is 38.0 Å². The van der Waals surface area contributed by atoms with Gasteiger partial charge in [0.15, 0.2) is 5.96 Å². The number of aromatic nitrogens is 2. The number of rotatable bonds is 8. The number of hydrogen-bond acceptors (Lipinski definition) is 3. The zero-order chi connectivity index (χ0) is 18.2. The maximum atomic E-state index is 5.37. The third kappa shape index (κ3) is 7.04. The van der Waals surface area contributed by atoms with Crippen LogP contribution in [0.5, 0.6) is 0 Å². The molecular formula is C20H30IN5O. The molecule has 0 atom stereocenters. The smallest absolute Gasteiger partial charge is 0.191 e. The fourth-order valence-electron chi connectivity index (χ4n) is 3.16. The molecule has 1 saturated carbocycles. The zero-order valence-corrected chi connectivity index (χ0v) is 18.3. The largest absolute Gasteiger partial charge is 0.469 e. The molecule has 0 saturated heterocycles. The molecule has 2 aromatic heterocycles. The first-order valence-corrected chi connectivity index (χ1v) is 9.43. The summed E-state index contributed by atoms with van der Waals surface area (Å²) in [7, 11) is 0. The average Bonchev–Trinajstić information content (AvgIpc) is 3.38. The van der Waals surface area contributed by atoms with E-state index in [4.69, 9.17) is 9.52 Å². The number of nitrogens with one attached hydrogen (secondary N) is 2. The van der Waals surface area contributed by atoms with Crippen LogP contribution < -0.4 is 10.6 Å². The quantitative estimate of drug-likeness (QED) is 0.257. The van der Waals surface area contributed by atoms with E-state index in [1.54, 1.807) is 6.26 Å². The van der Waals surface area contributed by atoms with Gasteiger partial charge in [-0.25, -0.2) is 4.99 Å². The van der Waals surface area contributed by atoms with Crippen molar-refractivity contribution in [2.45, 2.75) is 51.6 Å². The molecular weight excluding hydrogens is 453 g/mol. The molecule has 148 valence electrons. The van der Waals surface area contributed by atoms with Gasteiger partial charge in [0.25, 0.3) is 0 Å². The Kier molecular flexibility index (Phi) is 8.90. The molecule has 0 spiro atoms. The van der Waals surface area contributed by atoms with Gasteiger partial charge in [-0.2, -0.15) is 5.10 Å². The van der Waals surface area contributed by atoms with Crippen molar-refractivity contribution in [3.8, 4) is 0 Å². The molecule has 0 bridgehead atoms. The Morgan fingerprint density at radius 3 is 2.85 bits per heavy atom. The van der Waals surface area contributed by atoms with E-state index in [-0.39, 0.29) is 24.0 Å². The standard InChI is InChI=1S/C20H29N5O.HI/c1-16(2)14-22-20(21-11-9-19-8-5-13-26-19)23-15-17-10-12-25(24-17)18-6-3-4-7-18;/h5,8,10,12-13,18H,1,3-4,6-7,9,11,14-15H2,2H3,(H2,21,22,23);1H. The summed E-state index contributed by atoms with van der Waals surface area (Å²) >= 11 is 0. The Morgan fingerprint density at radius 1 is 1.33 bits per heavy atom. The molecule has 0 amide bonds. The van der Waals surface area contributed by atoms with Crippen LogP contribution in [0.2, 0.25) is 0 Å². The van der Waals surface area contributed by atoms with E-state index in [1.807, 2.05) is 19.1 Å². The molecule has 0 aliphatic heterocycles. The molecule has 1 fully saturated rings. The summed E-state index contributed by atoms with van der Waals surface area (Å²) in [4.78, 5) is 4.67. The van der Waals surface area contributed by atoms with Crippen LogP contribution in [0.15, 0.2) is 52.2 Å². The predicted molar refractivity (Wildman–Crippen MR) is 120 cm³/mol. The van der Waals surface area contributed by atoms with Crippen molar-refractivity contribution in [2.75, 3.05) is 13.1 Å². The zero-order valence-electron chi connectivity index (χ0n) is 16.0. The number of furan rings is 1. The molecule has 0 radical (unpaired) electrons. The summed E-state index contributed by atoms with van der Waals surface area (Å²) in [6.45, 7) is 7.95. The first-order valence-electron chi connectivity index (χ1n) is 9.43. The van der Waals surface area contributed by atoms with Crippen molar-refractivity contribution in [3.05, 3.63) is 54.3 Å². The number of aliphatic imine (C=N–C) groups is 1. The molecule has 0 unspecified atom stereocenters. The molecule has 6 nitrogen and oxygen atoms in total. The maximum absolute atomic E-state index is 5.37. The Balaban J connectivity index is 0.00000261. The van der Waals surface area contributed by atoms with Gasteiger partial charge in [0, 0.05) is 25.7 Å². The van der Waals surface area contributed by atoms with Crippen molar-refractivity contribution >= 4 is 29.9 Å². The predicted octanol–water partition coefficient (Wildman–Crippen LogP) is 4.06. The molecule has 2 aromatic rings. The number of halogens is 1. The monoisotopic (exact) mass is 483 g/mol. The molecule has 3 rings (SSSR count). The minimum absolute atomic E-state index is 0. The second kappa shape index (κ2) is 11.2. The average molecular weight is 483 g/mol. The van der Waals surface area contributed by atoms with Gasteiger partial charge in [-0.3, -0.25) is 4.68 Å². The van der Waals surface area contributed by atoms with Crippen LogP contribution in [0, 0.1) is 0 Å². The van der Waals surface area contributed by atoms with E-state index in [9.17, 15) is 0 Å². The summed E-state index contributed by atoms with van der Waals surface area (Å²) in [5.74, 6) is 1.74. The van der Waals surface area contributed by atoms with Crippen molar-refractivity contribution in [3.63, 3.8) is 0 Å². The van der Waals surface area contributed by atoms with Crippen LogP contribution >= 0.6 is 24.0 Å². The van der Waals surface area contributed by atoms with Gasteiger partial charge in [-0.1, -0.05) is 25.0 Å². The highest BCUT2D eigenvalue weighted by Crippen LogP contribution is 2.28. The summed E-state index contributed by atoms with van der Waals surface area (Å²) in [6, 6.07) is 6.53. The van der Waals surface area contributed by atoms with Crippen LogP contribution in [0.3, 0.4) is 0 Å². The second-order valence-electron chi connectivity index (χ2n) is 6.96. The lowest BCUT2D eigenvalue weighted by Crippen LogP contribution is -2.39. The Hall–Kier alpha value is -1.77. The lowest BCUT2D eigenvalue weighted by Gasteiger charge is -2.12. The van der Waals surface area contributed by atoms with E-state index in [0.717, 1.165) is 36.0 Å². The van der Waals surface area contributed by atoms with Crippen molar-refractivity contribution in [1.82, 2.24) is 20.4 Å². The molecule has 1 aliphatic rings. The van der Waals surface area contributed by atoms with Crippen molar-refractivity contribution < 1.29 is 4.42 Å². The Labute approximate surface area is 178 Å². The highest BCUT2D eigenvalue weighted by molar-refractivity contribution is 14.0. The van der Waals surface area contributed by atoms with Crippen LogP contribution in [0.1, 0.15) is 50.1 Å². The van der Waals surface area contributed by atoms with Gasteiger partial charge >= 0.3 is 0 Å². The summed E-state index contributed by atoms with van der Waals surface area (Å²) in [6.07, 6.45) is 9.71. The summed E-state index contributed by atoms with van der Waals surface area (Å²) in [5.41, 5.74) is 2.07. The van der Waals surface area contributed by atoms with Gasteiger partial charge in [-0.15, -0.1) is 24.0 Å². The van der Waals surface area contributed by atoms with Gasteiger partial charge < -0.3 is 15.1 Å². The SMILES string of the molecule is C=C(C)CNC(=NCc1ccn(C2CCCC2)n1)NCCc1ccco1.I. The molecule has 7 heteroatoms. The maximum Gasteiger partial charge on any atom is 0.191 e. The lowest BCUT2D eigenvalue weighted by atomic mass is 10.3. The van der Waals surface area contributed by atoms with Gasteiger partial charge in [0.1, 0.15) is 5.76 Å². The van der Waals surface area contributed by atoms with E-state index in [0.29, 0.717) is 19.1 Å². The third-order valence-electron chi connectivity index (χ3n) is 4.56. The van der Waals surface area contributed by atoms with E-state index >= 15 is 0 Å². The minimum atomic E-state index is 0. The van der Waals surface area contributed by atoms with E-state index in [2.05, 4.69) is 39.1 Å². The summed E-state index contributed by atoms with van der Waals surface area (Å²) in [5, 5.41) is 11.4. The van der Waals surface area contributed by atoms with Crippen molar-refractivity contribution in [1.29, 1.82) is 0 Å². The molecule has 2 heterocycles. The molecule has 27 heavy (non-hydrogen) atoms. The minimum Gasteiger partial charge on any atom is -0.469 e. The highest BCUT2D eigenvalue weighted by Gasteiger charge is 2.17. The second-order valence-corrected chi connectivity index (χ2v) is 6.96. The highest BCUT2D eigenvalue weighted by atomic mass is 127. The molecule has 1 aliphatic carbocycles. The fraction of sp³-hybridized carbons (Fsp3) is 0.500. The number of nitrogens with zero attached hydrogens (tertiary/aromatic N) is 3. The van der Waals surface area contributed by atoms with Gasteiger partial charge in [0.05, 0.1) is 24.5 Å². The van der Waals surface area contributed by atoms with E-state index in [1.165, 1.54) is 25.7 Å². The Morgan fingerprint density at radius 2 is 2.15 bits per heavy atom. The van der Waals surface area contributed by atoms with Crippen LogP contribution in [0.4, 0.5) is 0 Å². The van der Waals surface area contributed by atoms with E-state index < -0.39 is 0 Å². The lowest BCUT2D eigenvalue weighted by molar-refractivity contribution is 0.463. The van der Waals surface area contributed by atoms with Crippen LogP contribution in [0.25, 0.3) is 0 Å². The summed E-state index contributed by atoms with van der Waals surface area (Å²) < 4.78 is 7.48.